The van der Waals surface area contributed by atoms with Gasteiger partial charge in [-0.3, -0.25) is 4.79 Å². The first-order valence-electron chi connectivity index (χ1n) is 6.70. The van der Waals surface area contributed by atoms with Gasteiger partial charge in [-0.2, -0.15) is 0 Å². The highest BCUT2D eigenvalue weighted by atomic mass is 16.5. The minimum absolute atomic E-state index is 0.132. The zero-order valence-corrected chi connectivity index (χ0v) is 11.9. The van der Waals surface area contributed by atoms with Crippen molar-refractivity contribution in [1.29, 1.82) is 0 Å². The third-order valence-corrected chi connectivity index (χ3v) is 3.58. The summed E-state index contributed by atoms with van der Waals surface area (Å²) in [4.78, 5) is 12.1. The highest BCUT2D eigenvalue weighted by Gasteiger charge is 2.47. The van der Waals surface area contributed by atoms with Crippen LogP contribution in [0, 0.1) is 5.92 Å². The first-order valence-corrected chi connectivity index (χ1v) is 6.70. The Balaban J connectivity index is 1.66. The lowest BCUT2D eigenvalue weighted by Gasteiger charge is -2.09. The molecule has 1 saturated carbocycles. The fourth-order valence-electron chi connectivity index (χ4n) is 2.34. The van der Waals surface area contributed by atoms with Crippen LogP contribution in [-0.4, -0.2) is 20.2 Å². The van der Waals surface area contributed by atoms with Gasteiger partial charge in [0.1, 0.15) is 11.5 Å². The van der Waals surface area contributed by atoms with Gasteiger partial charge in [0.05, 0.1) is 26.4 Å². The molecule has 21 heavy (non-hydrogen) atoms. The number of furan rings is 1. The summed E-state index contributed by atoms with van der Waals surface area (Å²) in [5, 5.41) is 0. The molecule has 0 radical (unpaired) electrons. The summed E-state index contributed by atoms with van der Waals surface area (Å²) >= 11 is 0. The van der Waals surface area contributed by atoms with Crippen molar-refractivity contribution in [3.63, 3.8) is 0 Å². The second kappa shape index (κ2) is 5.52. The number of methoxy groups -OCH3 is 2. The zero-order valence-electron chi connectivity index (χ0n) is 11.9. The van der Waals surface area contributed by atoms with Gasteiger partial charge in [-0.15, -0.1) is 0 Å². The molecule has 1 aliphatic carbocycles. The van der Waals surface area contributed by atoms with Crippen molar-refractivity contribution >= 4 is 5.97 Å². The van der Waals surface area contributed by atoms with E-state index >= 15 is 0 Å². The summed E-state index contributed by atoms with van der Waals surface area (Å²) in [5.41, 5.74) is 0. The molecule has 1 heterocycles. The van der Waals surface area contributed by atoms with E-state index in [1.54, 1.807) is 31.6 Å². The van der Waals surface area contributed by atoms with Crippen molar-refractivity contribution in [2.45, 2.75) is 12.3 Å². The quantitative estimate of drug-likeness (QED) is 0.625. The molecule has 2 aromatic rings. The second-order valence-corrected chi connectivity index (χ2v) is 4.90. The molecule has 0 bridgehead atoms. The number of benzene rings is 1. The van der Waals surface area contributed by atoms with E-state index in [2.05, 4.69) is 0 Å². The van der Waals surface area contributed by atoms with Crippen molar-refractivity contribution < 1.29 is 23.4 Å². The Morgan fingerprint density at radius 2 is 2.00 bits per heavy atom. The monoisotopic (exact) mass is 288 g/mol. The predicted molar refractivity (Wildman–Crippen MR) is 74.7 cm³/mol. The van der Waals surface area contributed by atoms with Gasteiger partial charge in [0.15, 0.2) is 11.5 Å². The van der Waals surface area contributed by atoms with Crippen LogP contribution in [0.1, 0.15) is 18.1 Å². The van der Waals surface area contributed by atoms with Gasteiger partial charge < -0.3 is 18.6 Å². The first kappa shape index (κ1) is 13.5. The van der Waals surface area contributed by atoms with Crippen molar-refractivity contribution in [3.05, 3.63) is 42.4 Å². The molecule has 5 heteroatoms. The van der Waals surface area contributed by atoms with Crippen LogP contribution in [0.2, 0.25) is 0 Å². The third kappa shape index (κ3) is 2.72. The number of carbonyl (C=O) groups is 1. The Hall–Kier alpha value is -2.43. The molecular weight excluding hydrogens is 272 g/mol. The van der Waals surface area contributed by atoms with Crippen LogP contribution < -0.4 is 14.2 Å². The number of hydrogen-bond acceptors (Lipinski definition) is 5. The summed E-state index contributed by atoms with van der Waals surface area (Å²) in [6, 6.07) is 8.74. The Morgan fingerprint density at radius 1 is 1.19 bits per heavy atom. The summed E-state index contributed by atoms with van der Waals surface area (Å²) in [5.74, 6) is 2.16. The topological polar surface area (TPSA) is 57.9 Å². The van der Waals surface area contributed by atoms with Crippen LogP contribution in [0.5, 0.6) is 17.2 Å². The summed E-state index contributed by atoms with van der Waals surface area (Å²) in [6.07, 6.45) is 2.38. The van der Waals surface area contributed by atoms with Gasteiger partial charge in [0.2, 0.25) is 0 Å². The molecule has 2 atom stereocenters. The maximum absolute atomic E-state index is 12.1. The SMILES string of the molecule is COc1ccc(OC(=O)[C@@H]2C[C@H]2c2ccco2)cc1OC. The fourth-order valence-corrected chi connectivity index (χ4v) is 2.34. The molecule has 0 spiro atoms. The number of rotatable bonds is 5. The van der Waals surface area contributed by atoms with E-state index in [4.69, 9.17) is 18.6 Å². The van der Waals surface area contributed by atoms with Crippen LogP contribution in [0.25, 0.3) is 0 Å². The average molecular weight is 288 g/mol. The minimum atomic E-state index is -0.247. The Kier molecular flexibility index (Phi) is 3.56. The molecule has 110 valence electrons. The van der Waals surface area contributed by atoms with E-state index < -0.39 is 0 Å². The zero-order chi connectivity index (χ0) is 14.8. The van der Waals surface area contributed by atoms with Crippen LogP contribution in [-0.2, 0) is 4.79 Å². The van der Waals surface area contributed by atoms with E-state index in [-0.39, 0.29) is 17.8 Å². The maximum atomic E-state index is 12.1. The summed E-state index contributed by atoms with van der Waals surface area (Å²) in [6.45, 7) is 0. The van der Waals surface area contributed by atoms with Gasteiger partial charge in [0, 0.05) is 12.0 Å². The molecule has 1 aromatic carbocycles. The highest BCUT2D eigenvalue weighted by Crippen LogP contribution is 2.48. The summed E-state index contributed by atoms with van der Waals surface area (Å²) < 4.78 is 21.0. The van der Waals surface area contributed by atoms with Gasteiger partial charge in [-0.1, -0.05) is 0 Å². The van der Waals surface area contributed by atoms with Gasteiger partial charge in [-0.05, 0) is 30.7 Å². The number of carbonyl (C=O) groups excluding carboxylic acids is 1. The van der Waals surface area contributed by atoms with Crippen molar-refractivity contribution in [1.82, 2.24) is 0 Å². The van der Waals surface area contributed by atoms with E-state index in [0.29, 0.717) is 17.2 Å². The molecule has 0 aliphatic heterocycles. The molecule has 5 nitrogen and oxygen atoms in total. The van der Waals surface area contributed by atoms with Crippen LogP contribution >= 0.6 is 0 Å². The average Bonchev–Trinajstić information content (AvgIpc) is 3.13. The maximum Gasteiger partial charge on any atom is 0.315 e. The molecule has 1 aromatic heterocycles. The van der Waals surface area contributed by atoms with E-state index in [0.717, 1.165) is 12.2 Å². The minimum Gasteiger partial charge on any atom is -0.493 e. The number of esters is 1. The second-order valence-electron chi connectivity index (χ2n) is 4.90. The van der Waals surface area contributed by atoms with Crippen LogP contribution in [0.3, 0.4) is 0 Å². The standard InChI is InChI=1S/C16H16O5/c1-18-14-6-5-10(8-15(14)19-2)21-16(17)12-9-11(12)13-4-3-7-20-13/h3-8,11-12H,9H2,1-2H3/t11-,12-/m1/s1. The molecule has 3 rings (SSSR count). The lowest BCUT2D eigenvalue weighted by molar-refractivity contribution is -0.136. The van der Waals surface area contributed by atoms with Crippen molar-refractivity contribution in [3.8, 4) is 17.2 Å². The van der Waals surface area contributed by atoms with Gasteiger partial charge in [-0.25, -0.2) is 0 Å². The Morgan fingerprint density at radius 3 is 2.67 bits per heavy atom. The number of ether oxygens (including phenoxy) is 3. The predicted octanol–water partition coefficient (Wildman–Crippen LogP) is 3.01. The first-order chi connectivity index (χ1) is 10.2. The molecule has 1 fully saturated rings. The smallest absolute Gasteiger partial charge is 0.315 e. The fraction of sp³-hybridized carbons (Fsp3) is 0.312. The van der Waals surface area contributed by atoms with E-state index in [1.165, 1.54) is 7.11 Å². The summed E-state index contributed by atoms with van der Waals surface area (Å²) in [7, 11) is 3.10. The van der Waals surface area contributed by atoms with Gasteiger partial charge >= 0.3 is 5.97 Å². The van der Waals surface area contributed by atoms with Crippen LogP contribution in [0.15, 0.2) is 41.0 Å². The number of hydrogen-bond donors (Lipinski definition) is 0. The molecule has 0 amide bonds. The normalized spacial score (nSPS) is 19.9. The highest BCUT2D eigenvalue weighted by molar-refractivity contribution is 5.79. The molecular formula is C16H16O5. The molecule has 0 unspecified atom stereocenters. The van der Waals surface area contributed by atoms with E-state index in [9.17, 15) is 4.79 Å². The van der Waals surface area contributed by atoms with E-state index in [1.807, 2.05) is 12.1 Å². The largest absolute Gasteiger partial charge is 0.493 e. The van der Waals surface area contributed by atoms with Crippen LogP contribution in [0.4, 0.5) is 0 Å². The van der Waals surface area contributed by atoms with Gasteiger partial charge in [0.25, 0.3) is 0 Å². The molecule has 1 aliphatic rings. The third-order valence-electron chi connectivity index (χ3n) is 3.58. The molecule has 0 N–H and O–H groups in total. The lowest BCUT2D eigenvalue weighted by Crippen LogP contribution is -2.11. The lowest BCUT2D eigenvalue weighted by atomic mass is 10.2. The van der Waals surface area contributed by atoms with Crippen molar-refractivity contribution in [2.24, 2.45) is 5.92 Å². The Bertz CT molecular complexity index is 632. The molecule has 0 saturated heterocycles. The Labute approximate surface area is 122 Å². The van der Waals surface area contributed by atoms with Crippen molar-refractivity contribution in [2.75, 3.05) is 14.2 Å².